The van der Waals surface area contributed by atoms with E-state index in [4.69, 9.17) is 0 Å². The zero-order chi connectivity index (χ0) is 11.6. The average Bonchev–Trinajstić information content (AvgIpc) is 2.09. The zero-order valence-electron chi connectivity index (χ0n) is 8.48. The minimum absolute atomic E-state index is 0.266. The molecule has 4 heteroatoms. The van der Waals surface area contributed by atoms with Crippen LogP contribution < -0.4 is 0 Å². The van der Waals surface area contributed by atoms with E-state index < -0.39 is 21.0 Å². The van der Waals surface area contributed by atoms with E-state index in [9.17, 15) is 13.6 Å². The highest BCUT2D eigenvalue weighted by Crippen LogP contribution is 2.21. The number of hydrogen-bond donors (Lipinski definition) is 0. The van der Waals surface area contributed by atoms with Gasteiger partial charge in [0.25, 0.3) is 0 Å². The zero-order valence-corrected chi connectivity index (χ0v) is 10.6. The van der Waals surface area contributed by atoms with Crippen molar-refractivity contribution in [3.8, 4) is 0 Å². The largest absolute Gasteiger partial charge is 0.282 e. The Morgan fingerprint density at radius 1 is 1.40 bits per heavy atom. The lowest BCUT2D eigenvalue weighted by molar-refractivity contribution is 0.109. The molecule has 0 aromatic heterocycles. The Bertz CT molecular complexity index is 388. The van der Waals surface area contributed by atoms with Gasteiger partial charge in [0.05, 0.1) is 5.56 Å². The van der Waals surface area contributed by atoms with Crippen LogP contribution in [0.15, 0.2) is 12.1 Å². The van der Waals surface area contributed by atoms with Crippen molar-refractivity contribution in [2.45, 2.75) is 20.3 Å². The molecule has 82 valence electrons. The van der Waals surface area contributed by atoms with Gasteiger partial charge in [-0.1, -0.05) is 19.9 Å². The monoisotopic (exact) mass is 324 g/mol. The molecule has 0 aliphatic rings. The fourth-order valence-electron chi connectivity index (χ4n) is 1.37. The van der Waals surface area contributed by atoms with Crippen LogP contribution in [0.25, 0.3) is 0 Å². The van der Waals surface area contributed by atoms with E-state index in [1.165, 1.54) is 28.7 Å². The fourth-order valence-corrected chi connectivity index (χ4v) is 1.87. The topological polar surface area (TPSA) is 17.1 Å². The third-order valence-corrected chi connectivity index (χ3v) is 2.54. The summed E-state index contributed by atoms with van der Waals surface area (Å²) in [5.41, 5.74) is -0.0415. The van der Waals surface area contributed by atoms with Crippen molar-refractivity contribution in [1.82, 2.24) is 0 Å². The Morgan fingerprint density at radius 3 is 2.47 bits per heavy atom. The molecule has 0 aliphatic heterocycles. The predicted molar refractivity (Wildman–Crippen MR) is 63.3 cm³/mol. The minimum Gasteiger partial charge on any atom is -0.282 e. The maximum Gasteiger partial charge on any atom is 0.228 e. The molecule has 0 heterocycles. The Morgan fingerprint density at radius 2 is 2.00 bits per heavy atom. The van der Waals surface area contributed by atoms with Gasteiger partial charge < -0.3 is 0 Å². The Hall–Kier alpha value is -0.520. The summed E-state index contributed by atoms with van der Waals surface area (Å²) in [4.78, 5) is 11.0. The SMILES string of the molecule is CC(C)Cc1ccc(F)c(C(=O)I)c1F. The van der Waals surface area contributed by atoms with E-state index in [1.54, 1.807) is 0 Å². The summed E-state index contributed by atoms with van der Waals surface area (Å²) < 4.78 is 26.2. The van der Waals surface area contributed by atoms with Crippen LogP contribution in [0.2, 0.25) is 0 Å². The lowest BCUT2D eigenvalue weighted by atomic mass is 10.0. The van der Waals surface area contributed by atoms with Crippen molar-refractivity contribution in [2.75, 3.05) is 0 Å². The number of rotatable bonds is 3. The maximum atomic E-state index is 13.7. The summed E-state index contributed by atoms with van der Waals surface area (Å²) in [6.07, 6.45) is 0.503. The number of halogens is 3. The Labute approximate surface area is 101 Å². The van der Waals surface area contributed by atoms with E-state index in [-0.39, 0.29) is 5.92 Å². The fraction of sp³-hybridized carbons (Fsp3) is 0.364. The van der Waals surface area contributed by atoms with Crippen LogP contribution >= 0.6 is 22.6 Å². The molecule has 0 radical (unpaired) electrons. The highest BCUT2D eigenvalue weighted by Gasteiger charge is 2.18. The summed E-state index contributed by atoms with van der Waals surface area (Å²) in [7, 11) is 0. The molecular formula is C11H11F2IO. The molecule has 1 rings (SSSR count). The molecule has 0 saturated heterocycles. The second kappa shape index (κ2) is 5.01. The number of hydrogen-bond acceptors (Lipinski definition) is 1. The van der Waals surface area contributed by atoms with Gasteiger partial charge in [0.2, 0.25) is 3.79 Å². The average molecular weight is 324 g/mol. The van der Waals surface area contributed by atoms with Gasteiger partial charge >= 0.3 is 0 Å². The van der Waals surface area contributed by atoms with Crippen molar-refractivity contribution >= 4 is 26.4 Å². The van der Waals surface area contributed by atoms with Gasteiger partial charge in [-0.15, -0.1) is 0 Å². The van der Waals surface area contributed by atoms with Crippen molar-refractivity contribution in [3.63, 3.8) is 0 Å². The molecule has 0 bridgehead atoms. The van der Waals surface area contributed by atoms with Gasteiger partial charge in [0.15, 0.2) is 0 Å². The first-order chi connectivity index (χ1) is 6.93. The minimum atomic E-state index is -0.792. The standard InChI is InChI=1S/C11H11F2IO/c1-6(2)5-7-3-4-8(12)9(10(7)13)11(14)15/h3-4,6H,5H2,1-2H3. The number of benzene rings is 1. The Balaban J connectivity index is 3.22. The van der Waals surface area contributed by atoms with Crippen LogP contribution in [0.5, 0.6) is 0 Å². The molecule has 0 amide bonds. The molecule has 0 atom stereocenters. The molecular weight excluding hydrogens is 313 g/mol. The number of carbonyl (C=O) groups is 1. The molecule has 0 saturated carbocycles. The van der Waals surface area contributed by atoms with Crippen molar-refractivity contribution in [1.29, 1.82) is 0 Å². The molecule has 0 fully saturated rings. The van der Waals surface area contributed by atoms with Gasteiger partial charge in [0.1, 0.15) is 11.6 Å². The van der Waals surface area contributed by atoms with E-state index in [0.717, 1.165) is 6.07 Å². The second-order valence-corrected chi connectivity index (χ2v) is 4.75. The molecule has 0 unspecified atom stereocenters. The van der Waals surface area contributed by atoms with E-state index in [0.29, 0.717) is 12.0 Å². The third-order valence-electron chi connectivity index (χ3n) is 2.00. The lowest BCUT2D eigenvalue weighted by Crippen LogP contribution is -2.05. The second-order valence-electron chi connectivity index (χ2n) is 3.77. The van der Waals surface area contributed by atoms with Gasteiger partial charge in [-0.2, -0.15) is 0 Å². The first-order valence-corrected chi connectivity index (χ1v) is 5.68. The van der Waals surface area contributed by atoms with Gasteiger partial charge in [-0.3, -0.25) is 4.79 Å². The molecule has 1 nitrogen and oxygen atoms in total. The van der Waals surface area contributed by atoms with Crippen LogP contribution in [-0.4, -0.2) is 3.79 Å². The van der Waals surface area contributed by atoms with Crippen LogP contribution in [0.4, 0.5) is 8.78 Å². The molecule has 1 aromatic rings. The van der Waals surface area contributed by atoms with Crippen molar-refractivity contribution in [3.05, 3.63) is 34.9 Å². The first-order valence-electron chi connectivity index (χ1n) is 4.60. The van der Waals surface area contributed by atoms with Crippen LogP contribution in [0.3, 0.4) is 0 Å². The first kappa shape index (κ1) is 12.5. The van der Waals surface area contributed by atoms with E-state index in [2.05, 4.69) is 0 Å². The highest BCUT2D eigenvalue weighted by molar-refractivity contribution is 14.1. The van der Waals surface area contributed by atoms with Crippen LogP contribution in [-0.2, 0) is 6.42 Å². The molecule has 0 N–H and O–H groups in total. The third kappa shape index (κ3) is 2.96. The van der Waals surface area contributed by atoms with Gasteiger partial charge in [0, 0.05) is 22.6 Å². The van der Waals surface area contributed by atoms with Crippen molar-refractivity contribution < 1.29 is 13.6 Å². The van der Waals surface area contributed by atoms with Crippen LogP contribution in [0.1, 0.15) is 29.8 Å². The van der Waals surface area contributed by atoms with Crippen LogP contribution in [0, 0.1) is 17.6 Å². The van der Waals surface area contributed by atoms with E-state index in [1.807, 2.05) is 13.8 Å². The predicted octanol–water partition coefficient (Wildman–Crippen LogP) is 3.74. The van der Waals surface area contributed by atoms with E-state index >= 15 is 0 Å². The summed E-state index contributed by atoms with van der Waals surface area (Å²) in [5, 5.41) is 0. The smallest absolute Gasteiger partial charge is 0.228 e. The Kier molecular flexibility index (Phi) is 4.19. The summed E-state index contributed by atoms with van der Waals surface area (Å²) >= 11 is 1.39. The maximum absolute atomic E-state index is 13.7. The summed E-state index contributed by atoms with van der Waals surface area (Å²) in [6.45, 7) is 3.88. The van der Waals surface area contributed by atoms with Gasteiger partial charge in [-0.25, -0.2) is 8.78 Å². The lowest BCUT2D eigenvalue weighted by Gasteiger charge is -2.08. The molecule has 0 spiro atoms. The molecule has 15 heavy (non-hydrogen) atoms. The normalized spacial score (nSPS) is 10.8. The number of carbonyl (C=O) groups excluding carboxylic acids is 1. The summed E-state index contributed by atoms with van der Waals surface area (Å²) in [6, 6.07) is 2.54. The molecule has 1 aromatic carbocycles. The van der Waals surface area contributed by atoms with Gasteiger partial charge in [-0.05, 0) is 24.0 Å². The quantitative estimate of drug-likeness (QED) is 0.611. The van der Waals surface area contributed by atoms with Crippen molar-refractivity contribution in [2.24, 2.45) is 5.92 Å². The highest BCUT2D eigenvalue weighted by atomic mass is 127. The molecule has 0 aliphatic carbocycles. The summed E-state index contributed by atoms with van der Waals surface area (Å²) in [5.74, 6) is -1.25.